The molecule has 0 spiro atoms. The van der Waals surface area contributed by atoms with Crippen molar-refractivity contribution >= 4 is 35.6 Å². The van der Waals surface area contributed by atoms with Crippen molar-refractivity contribution in [1.82, 2.24) is 30.1 Å². The van der Waals surface area contributed by atoms with Crippen LogP contribution in [0.5, 0.6) is 0 Å². The SMILES string of the molecule is CCNC(=NCc1ccc(CN2CCCCCC2)cc1)NCc1nnc2ccccn12.I. The van der Waals surface area contributed by atoms with Crippen LogP contribution in [0.25, 0.3) is 5.65 Å². The molecule has 0 saturated carbocycles. The molecule has 0 aliphatic carbocycles. The van der Waals surface area contributed by atoms with Gasteiger partial charge in [0.1, 0.15) is 0 Å². The molecule has 2 N–H and O–H groups in total. The number of pyridine rings is 1. The second-order valence-electron chi connectivity index (χ2n) is 8.10. The second-order valence-corrected chi connectivity index (χ2v) is 8.10. The second kappa shape index (κ2) is 12.7. The normalized spacial score (nSPS) is 15.2. The molecule has 0 bridgehead atoms. The summed E-state index contributed by atoms with van der Waals surface area (Å²) in [7, 11) is 0. The predicted octanol–water partition coefficient (Wildman–Crippen LogP) is 3.98. The number of halogens is 1. The number of fused-ring (bicyclic) bond motifs is 1. The van der Waals surface area contributed by atoms with Crippen LogP contribution >= 0.6 is 24.0 Å². The van der Waals surface area contributed by atoms with E-state index in [-0.39, 0.29) is 24.0 Å². The van der Waals surface area contributed by atoms with Crippen LogP contribution in [0.3, 0.4) is 0 Å². The molecule has 1 aliphatic rings. The summed E-state index contributed by atoms with van der Waals surface area (Å²) in [5.41, 5.74) is 3.45. The van der Waals surface area contributed by atoms with E-state index >= 15 is 0 Å². The van der Waals surface area contributed by atoms with Crippen molar-refractivity contribution in [3.05, 3.63) is 65.6 Å². The molecule has 0 amide bonds. The molecule has 1 aromatic carbocycles. The summed E-state index contributed by atoms with van der Waals surface area (Å²) in [6.07, 6.45) is 7.39. The number of guanidine groups is 1. The van der Waals surface area contributed by atoms with E-state index in [4.69, 9.17) is 4.99 Å². The first-order valence-electron chi connectivity index (χ1n) is 11.4. The summed E-state index contributed by atoms with van der Waals surface area (Å²) >= 11 is 0. The van der Waals surface area contributed by atoms with Crippen LogP contribution in [0.1, 0.15) is 49.6 Å². The summed E-state index contributed by atoms with van der Waals surface area (Å²) < 4.78 is 1.99. The van der Waals surface area contributed by atoms with E-state index in [0.29, 0.717) is 13.1 Å². The summed E-state index contributed by atoms with van der Waals surface area (Å²) in [6.45, 7) is 7.59. The number of aromatic nitrogens is 3. The Kier molecular flexibility index (Phi) is 9.73. The highest BCUT2D eigenvalue weighted by molar-refractivity contribution is 14.0. The van der Waals surface area contributed by atoms with Gasteiger partial charge in [-0.1, -0.05) is 43.2 Å². The van der Waals surface area contributed by atoms with Gasteiger partial charge in [0, 0.05) is 19.3 Å². The highest BCUT2D eigenvalue weighted by atomic mass is 127. The lowest BCUT2D eigenvalue weighted by Gasteiger charge is -2.19. The molecule has 1 saturated heterocycles. The summed E-state index contributed by atoms with van der Waals surface area (Å²) in [4.78, 5) is 7.33. The fourth-order valence-corrected chi connectivity index (χ4v) is 3.99. The molecule has 3 heterocycles. The van der Waals surface area contributed by atoms with Crippen molar-refractivity contribution in [2.45, 2.75) is 52.2 Å². The van der Waals surface area contributed by atoms with Gasteiger partial charge in [-0.2, -0.15) is 0 Å². The standard InChI is InChI=1S/C24H33N7.HI/c1-2-25-24(27-18-23-29-28-22-9-5-8-16-31(22)23)26-17-20-10-12-21(13-11-20)19-30-14-6-3-4-7-15-30;/h5,8-13,16H,2-4,6-7,14-15,17-19H2,1H3,(H2,25,26,27);1H. The third-order valence-corrected chi connectivity index (χ3v) is 5.69. The topological polar surface area (TPSA) is 69.8 Å². The van der Waals surface area contributed by atoms with Crippen LogP contribution in [-0.2, 0) is 19.6 Å². The van der Waals surface area contributed by atoms with Gasteiger partial charge in [0.05, 0.1) is 13.1 Å². The van der Waals surface area contributed by atoms with Crippen molar-refractivity contribution in [2.75, 3.05) is 19.6 Å². The van der Waals surface area contributed by atoms with E-state index < -0.39 is 0 Å². The first-order chi connectivity index (χ1) is 15.3. The highest BCUT2D eigenvalue weighted by Gasteiger charge is 2.09. The lowest BCUT2D eigenvalue weighted by atomic mass is 10.1. The molecule has 3 aromatic rings. The van der Waals surface area contributed by atoms with Crippen molar-refractivity contribution in [1.29, 1.82) is 0 Å². The lowest BCUT2D eigenvalue weighted by molar-refractivity contribution is 0.277. The average molecular weight is 547 g/mol. The van der Waals surface area contributed by atoms with Crippen LogP contribution in [0.2, 0.25) is 0 Å². The van der Waals surface area contributed by atoms with Gasteiger partial charge in [0.25, 0.3) is 0 Å². The summed E-state index contributed by atoms with van der Waals surface area (Å²) in [5.74, 6) is 1.64. The van der Waals surface area contributed by atoms with Gasteiger partial charge >= 0.3 is 0 Å². The van der Waals surface area contributed by atoms with Gasteiger partial charge in [-0.25, -0.2) is 4.99 Å². The molecular formula is C24H34IN7. The number of nitrogens with zero attached hydrogens (tertiary/aromatic N) is 5. The Labute approximate surface area is 207 Å². The van der Waals surface area contributed by atoms with Crippen molar-refractivity contribution < 1.29 is 0 Å². The molecule has 1 fully saturated rings. The van der Waals surface area contributed by atoms with Crippen LogP contribution in [0.4, 0.5) is 0 Å². The summed E-state index contributed by atoms with van der Waals surface area (Å²) in [6, 6.07) is 14.8. The smallest absolute Gasteiger partial charge is 0.191 e. The van der Waals surface area contributed by atoms with Crippen LogP contribution in [-0.4, -0.2) is 45.1 Å². The van der Waals surface area contributed by atoms with Crippen molar-refractivity contribution in [3.8, 4) is 0 Å². The van der Waals surface area contributed by atoms with Gasteiger partial charge in [0.2, 0.25) is 0 Å². The Morgan fingerprint density at radius 3 is 2.44 bits per heavy atom. The minimum absolute atomic E-state index is 0. The third-order valence-electron chi connectivity index (χ3n) is 5.69. The molecule has 7 nitrogen and oxygen atoms in total. The Morgan fingerprint density at radius 1 is 0.938 bits per heavy atom. The molecule has 2 aromatic heterocycles. The molecule has 8 heteroatoms. The van der Waals surface area contributed by atoms with Crippen LogP contribution < -0.4 is 10.6 Å². The molecule has 32 heavy (non-hydrogen) atoms. The van der Waals surface area contributed by atoms with Gasteiger partial charge in [-0.05, 0) is 56.1 Å². The minimum atomic E-state index is 0. The van der Waals surface area contributed by atoms with Gasteiger partial charge in [-0.3, -0.25) is 9.30 Å². The van der Waals surface area contributed by atoms with Crippen LogP contribution in [0.15, 0.2) is 53.7 Å². The number of aliphatic imine (C=N–C) groups is 1. The molecule has 4 rings (SSSR count). The monoisotopic (exact) mass is 547 g/mol. The molecule has 0 atom stereocenters. The average Bonchev–Trinajstić information content (AvgIpc) is 3.04. The molecular weight excluding hydrogens is 513 g/mol. The number of nitrogens with one attached hydrogen (secondary N) is 2. The van der Waals surface area contributed by atoms with E-state index in [1.165, 1.54) is 49.9 Å². The van der Waals surface area contributed by atoms with E-state index in [1.807, 2.05) is 28.8 Å². The van der Waals surface area contributed by atoms with Gasteiger partial charge in [-0.15, -0.1) is 34.2 Å². The number of hydrogen-bond donors (Lipinski definition) is 2. The van der Waals surface area contributed by atoms with Crippen molar-refractivity contribution in [3.63, 3.8) is 0 Å². The minimum Gasteiger partial charge on any atom is -0.357 e. The zero-order valence-electron chi connectivity index (χ0n) is 18.8. The molecule has 0 radical (unpaired) electrons. The zero-order valence-corrected chi connectivity index (χ0v) is 21.2. The Hall–Kier alpha value is -2.20. The lowest BCUT2D eigenvalue weighted by Crippen LogP contribution is -2.37. The number of benzene rings is 1. The molecule has 0 unspecified atom stereocenters. The maximum absolute atomic E-state index is 4.75. The Morgan fingerprint density at radius 2 is 1.69 bits per heavy atom. The number of hydrogen-bond acceptors (Lipinski definition) is 4. The largest absolute Gasteiger partial charge is 0.357 e. The Balaban J connectivity index is 0.00000289. The first-order valence-corrected chi connectivity index (χ1v) is 11.4. The molecule has 172 valence electrons. The maximum Gasteiger partial charge on any atom is 0.191 e. The van der Waals surface area contributed by atoms with E-state index in [1.54, 1.807) is 0 Å². The number of rotatable bonds is 7. The van der Waals surface area contributed by atoms with E-state index in [9.17, 15) is 0 Å². The third kappa shape index (κ3) is 6.90. The predicted molar refractivity (Wildman–Crippen MR) is 140 cm³/mol. The zero-order chi connectivity index (χ0) is 21.3. The van der Waals surface area contributed by atoms with Crippen molar-refractivity contribution in [2.24, 2.45) is 4.99 Å². The number of likely N-dealkylation sites (tertiary alicyclic amines) is 1. The summed E-state index contributed by atoms with van der Waals surface area (Å²) in [5, 5.41) is 15.1. The fraction of sp³-hybridized carbons (Fsp3) is 0.458. The van der Waals surface area contributed by atoms with Gasteiger partial charge < -0.3 is 10.6 Å². The van der Waals surface area contributed by atoms with E-state index in [2.05, 4.69) is 56.9 Å². The van der Waals surface area contributed by atoms with Gasteiger partial charge in [0.15, 0.2) is 17.4 Å². The quantitative estimate of drug-likeness (QED) is 0.266. The Bertz CT molecular complexity index is 975. The van der Waals surface area contributed by atoms with Crippen LogP contribution in [0, 0.1) is 0 Å². The maximum atomic E-state index is 4.75. The fourth-order valence-electron chi connectivity index (χ4n) is 3.99. The first kappa shape index (κ1) is 24.4. The van der Waals surface area contributed by atoms with E-state index in [0.717, 1.165) is 30.5 Å². The molecule has 1 aliphatic heterocycles. The highest BCUT2D eigenvalue weighted by Crippen LogP contribution is 2.14.